The first-order valence-corrected chi connectivity index (χ1v) is 10.3. The number of piperidine rings is 1. The number of ether oxygens (including phenoxy) is 2. The summed E-state index contributed by atoms with van der Waals surface area (Å²) < 4.78 is 10.8. The molecule has 148 valence electrons. The summed E-state index contributed by atoms with van der Waals surface area (Å²) in [4.78, 5) is 14.6. The van der Waals surface area contributed by atoms with Gasteiger partial charge in [0, 0.05) is 17.0 Å². The molecule has 0 aromatic heterocycles. The van der Waals surface area contributed by atoms with Gasteiger partial charge < -0.3 is 14.4 Å². The SMILES string of the molecule is COc1cc2c(cc1OC)C(=O)C(CC1CC[NH+](Cc3ccccc3)CC1)C2. The Kier molecular flexibility index (Phi) is 5.67. The summed E-state index contributed by atoms with van der Waals surface area (Å²) in [5.74, 6) is 2.43. The normalized spacial score (nSPS) is 24.1. The van der Waals surface area contributed by atoms with Gasteiger partial charge >= 0.3 is 0 Å². The minimum absolute atomic E-state index is 0.118. The lowest BCUT2D eigenvalue weighted by atomic mass is 9.85. The molecule has 4 nitrogen and oxygen atoms in total. The Hall–Kier alpha value is -2.33. The van der Waals surface area contributed by atoms with Gasteiger partial charge in [-0.3, -0.25) is 4.79 Å². The first kappa shape index (κ1) is 19.0. The number of fused-ring (bicyclic) bond motifs is 1. The quantitative estimate of drug-likeness (QED) is 0.838. The Morgan fingerprint density at radius 3 is 2.36 bits per heavy atom. The highest BCUT2D eigenvalue weighted by Gasteiger charge is 2.35. The molecule has 1 heterocycles. The van der Waals surface area contributed by atoms with E-state index in [1.807, 2.05) is 12.1 Å². The lowest BCUT2D eigenvalue weighted by Crippen LogP contribution is -3.11. The second-order valence-corrected chi connectivity index (χ2v) is 8.22. The minimum atomic E-state index is 0.118. The van der Waals surface area contributed by atoms with Gasteiger partial charge in [0.1, 0.15) is 6.54 Å². The number of Topliss-reactive ketones (excluding diaryl/α,β-unsaturated/α-hetero) is 1. The zero-order valence-electron chi connectivity index (χ0n) is 16.9. The van der Waals surface area contributed by atoms with Crippen LogP contribution in [0.3, 0.4) is 0 Å². The predicted octanol–water partition coefficient (Wildman–Crippen LogP) is 2.94. The summed E-state index contributed by atoms with van der Waals surface area (Å²) >= 11 is 0. The van der Waals surface area contributed by atoms with Crippen LogP contribution in [0.2, 0.25) is 0 Å². The highest BCUT2D eigenvalue weighted by atomic mass is 16.5. The molecule has 0 bridgehead atoms. The summed E-state index contributed by atoms with van der Waals surface area (Å²) in [6.45, 7) is 3.52. The molecule has 28 heavy (non-hydrogen) atoms. The molecule has 1 aliphatic heterocycles. The van der Waals surface area contributed by atoms with Crippen molar-refractivity contribution < 1.29 is 19.2 Å². The summed E-state index contributed by atoms with van der Waals surface area (Å²) in [6.07, 6.45) is 4.28. The lowest BCUT2D eigenvalue weighted by molar-refractivity contribution is -0.919. The molecule has 2 aromatic carbocycles. The number of carbonyl (C=O) groups is 1. The number of likely N-dealkylation sites (tertiary alicyclic amines) is 1. The van der Waals surface area contributed by atoms with Gasteiger partial charge in [-0.2, -0.15) is 0 Å². The molecule has 1 unspecified atom stereocenters. The van der Waals surface area contributed by atoms with Crippen molar-refractivity contribution in [2.45, 2.75) is 32.2 Å². The minimum Gasteiger partial charge on any atom is -0.493 e. The molecule has 0 saturated carbocycles. The van der Waals surface area contributed by atoms with Crippen LogP contribution < -0.4 is 14.4 Å². The summed E-state index contributed by atoms with van der Waals surface area (Å²) in [7, 11) is 3.26. The largest absolute Gasteiger partial charge is 0.493 e. The average molecular weight is 381 g/mol. The fourth-order valence-electron chi connectivity index (χ4n) is 4.87. The van der Waals surface area contributed by atoms with Crippen molar-refractivity contribution in [2.24, 2.45) is 11.8 Å². The zero-order chi connectivity index (χ0) is 19.5. The van der Waals surface area contributed by atoms with E-state index < -0.39 is 0 Å². The van der Waals surface area contributed by atoms with Crippen molar-refractivity contribution in [3.05, 3.63) is 59.2 Å². The van der Waals surface area contributed by atoms with Crippen molar-refractivity contribution in [1.82, 2.24) is 0 Å². The van der Waals surface area contributed by atoms with Crippen LogP contribution in [0.4, 0.5) is 0 Å². The smallest absolute Gasteiger partial charge is 0.166 e. The van der Waals surface area contributed by atoms with Crippen LogP contribution in [0.25, 0.3) is 0 Å². The molecule has 2 aromatic rings. The van der Waals surface area contributed by atoms with E-state index >= 15 is 0 Å². The molecular formula is C24H30NO3+. The number of ketones is 1. The third-order valence-electron chi connectivity index (χ3n) is 6.44. The van der Waals surface area contributed by atoms with E-state index in [9.17, 15) is 4.79 Å². The van der Waals surface area contributed by atoms with E-state index in [-0.39, 0.29) is 11.7 Å². The molecule has 0 spiro atoms. The highest BCUT2D eigenvalue weighted by Crippen LogP contribution is 2.39. The molecule has 4 heteroatoms. The lowest BCUT2D eigenvalue weighted by Gasteiger charge is -2.30. The Balaban J connectivity index is 1.34. The number of quaternary nitrogens is 1. The number of rotatable bonds is 6. The Morgan fingerprint density at radius 2 is 1.68 bits per heavy atom. The van der Waals surface area contributed by atoms with Crippen LogP contribution in [0.15, 0.2) is 42.5 Å². The van der Waals surface area contributed by atoms with Gasteiger partial charge in [0.2, 0.25) is 0 Å². The predicted molar refractivity (Wildman–Crippen MR) is 109 cm³/mol. The van der Waals surface area contributed by atoms with Gasteiger partial charge in [-0.25, -0.2) is 0 Å². The number of hydrogen-bond acceptors (Lipinski definition) is 3. The number of benzene rings is 2. The molecule has 1 aliphatic carbocycles. The number of nitrogens with one attached hydrogen (secondary N) is 1. The Bertz CT molecular complexity index is 825. The molecule has 2 aliphatic rings. The fraction of sp³-hybridized carbons (Fsp3) is 0.458. The number of methoxy groups -OCH3 is 2. The third-order valence-corrected chi connectivity index (χ3v) is 6.44. The first-order valence-electron chi connectivity index (χ1n) is 10.3. The molecular weight excluding hydrogens is 350 g/mol. The van der Waals surface area contributed by atoms with E-state index in [1.165, 1.54) is 31.5 Å². The van der Waals surface area contributed by atoms with Gasteiger partial charge in [0.25, 0.3) is 0 Å². The fourth-order valence-corrected chi connectivity index (χ4v) is 4.87. The first-order chi connectivity index (χ1) is 13.7. The van der Waals surface area contributed by atoms with Crippen LogP contribution >= 0.6 is 0 Å². The van der Waals surface area contributed by atoms with Crippen LogP contribution in [0.5, 0.6) is 11.5 Å². The number of hydrogen-bond donors (Lipinski definition) is 1. The van der Waals surface area contributed by atoms with E-state index in [0.29, 0.717) is 17.4 Å². The Labute approximate surface area is 167 Å². The molecule has 1 N–H and O–H groups in total. The van der Waals surface area contributed by atoms with Gasteiger partial charge in [-0.05, 0) is 49.3 Å². The molecule has 1 fully saturated rings. The third kappa shape index (κ3) is 3.93. The maximum absolute atomic E-state index is 12.9. The zero-order valence-corrected chi connectivity index (χ0v) is 16.9. The topological polar surface area (TPSA) is 40.0 Å². The van der Waals surface area contributed by atoms with E-state index in [1.54, 1.807) is 19.1 Å². The molecule has 1 saturated heterocycles. The Morgan fingerprint density at radius 1 is 1.00 bits per heavy atom. The van der Waals surface area contributed by atoms with Crippen molar-refractivity contribution >= 4 is 5.78 Å². The van der Waals surface area contributed by atoms with Gasteiger partial charge in [0.05, 0.1) is 27.3 Å². The van der Waals surface area contributed by atoms with Crippen LogP contribution in [-0.2, 0) is 13.0 Å². The van der Waals surface area contributed by atoms with Crippen molar-refractivity contribution in [1.29, 1.82) is 0 Å². The molecule has 0 amide bonds. The van der Waals surface area contributed by atoms with E-state index in [0.717, 1.165) is 30.5 Å². The molecule has 1 atom stereocenters. The summed E-state index contributed by atoms with van der Waals surface area (Å²) in [6, 6.07) is 14.6. The van der Waals surface area contributed by atoms with E-state index in [2.05, 4.69) is 30.3 Å². The van der Waals surface area contributed by atoms with Gasteiger partial charge in [0.15, 0.2) is 17.3 Å². The monoisotopic (exact) mass is 380 g/mol. The molecule has 0 radical (unpaired) electrons. The van der Waals surface area contributed by atoms with Crippen molar-refractivity contribution in [3.63, 3.8) is 0 Å². The van der Waals surface area contributed by atoms with Gasteiger partial charge in [-0.15, -0.1) is 0 Å². The number of carbonyl (C=O) groups excluding carboxylic acids is 1. The second-order valence-electron chi connectivity index (χ2n) is 8.22. The maximum Gasteiger partial charge on any atom is 0.166 e. The standard InChI is InChI=1S/C24H29NO3/c1-27-22-14-19-13-20(24(26)21(19)15-23(22)28-2)12-17-8-10-25(11-9-17)16-18-6-4-3-5-7-18/h3-7,14-15,17,20H,8-13,16H2,1-2H3/p+1. The van der Waals surface area contributed by atoms with Crippen molar-refractivity contribution in [3.8, 4) is 11.5 Å². The molecule has 4 rings (SSSR count). The van der Waals surface area contributed by atoms with Crippen LogP contribution in [-0.4, -0.2) is 33.1 Å². The maximum atomic E-state index is 12.9. The van der Waals surface area contributed by atoms with Gasteiger partial charge in [-0.1, -0.05) is 30.3 Å². The second kappa shape index (κ2) is 8.36. The van der Waals surface area contributed by atoms with Crippen molar-refractivity contribution in [2.75, 3.05) is 27.3 Å². The average Bonchev–Trinajstić information content (AvgIpc) is 3.03. The van der Waals surface area contributed by atoms with Crippen LogP contribution in [0, 0.1) is 11.8 Å². The summed E-state index contributed by atoms with van der Waals surface area (Å²) in [5, 5.41) is 0. The highest BCUT2D eigenvalue weighted by molar-refractivity contribution is 6.02. The van der Waals surface area contributed by atoms with E-state index in [4.69, 9.17) is 9.47 Å². The summed E-state index contributed by atoms with van der Waals surface area (Å²) in [5.41, 5.74) is 3.36. The van der Waals surface area contributed by atoms with Crippen LogP contribution in [0.1, 0.15) is 40.7 Å².